The zero-order valence-electron chi connectivity index (χ0n) is 14.0. The molecule has 0 saturated carbocycles. The highest BCUT2D eigenvalue weighted by molar-refractivity contribution is 6.34. The lowest BCUT2D eigenvalue weighted by Gasteiger charge is -2.10. The molecule has 0 radical (unpaired) electrons. The molecule has 3 rings (SSSR count). The average Bonchev–Trinajstić information content (AvgIpc) is 2.70. The number of hydroxylamine groups is 1. The van der Waals surface area contributed by atoms with E-state index in [1.165, 1.54) is 23.7 Å². The van der Waals surface area contributed by atoms with Gasteiger partial charge in [-0.05, 0) is 54.6 Å². The van der Waals surface area contributed by atoms with Crippen LogP contribution in [0.1, 0.15) is 20.7 Å². The first kappa shape index (κ1) is 18.4. The molecule has 3 N–H and O–H groups in total. The maximum absolute atomic E-state index is 12.4. The normalized spacial score (nSPS) is 10.1. The summed E-state index contributed by atoms with van der Waals surface area (Å²) in [6.45, 7) is 0. The number of nitrogens with one attached hydrogen (secondary N) is 2. The van der Waals surface area contributed by atoms with E-state index in [4.69, 9.17) is 21.5 Å². The first-order valence-electron chi connectivity index (χ1n) is 7.95. The van der Waals surface area contributed by atoms with E-state index in [0.717, 1.165) is 0 Å². The topological polar surface area (TPSA) is 87.7 Å². The van der Waals surface area contributed by atoms with Gasteiger partial charge in [0.15, 0.2) is 0 Å². The Morgan fingerprint density at radius 2 is 1.44 bits per heavy atom. The van der Waals surface area contributed by atoms with Gasteiger partial charge in [0, 0.05) is 11.1 Å². The van der Waals surface area contributed by atoms with E-state index in [2.05, 4.69) is 5.32 Å². The summed E-state index contributed by atoms with van der Waals surface area (Å²) in [6.07, 6.45) is 0. The van der Waals surface area contributed by atoms with Crippen molar-refractivity contribution < 1.29 is 19.5 Å². The van der Waals surface area contributed by atoms with Gasteiger partial charge >= 0.3 is 0 Å². The summed E-state index contributed by atoms with van der Waals surface area (Å²) in [6, 6.07) is 20.1. The maximum Gasteiger partial charge on any atom is 0.274 e. The summed E-state index contributed by atoms with van der Waals surface area (Å²) >= 11 is 6.06. The highest BCUT2D eigenvalue weighted by atomic mass is 35.5. The third kappa shape index (κ3) is 4.63. The largest absolute Gasteiger partial charge is 0.457 e. The third-order valence-corrected chi connectivity index (χ3v) is 4.00. The molecule has 6 nitrogen and oxygen atoms in total. The van der Waals surface area contributed by atoms with Crippen molar-refractivity contribution >= 4 is 29.1 Å². The lowest BCUT2D eigenvalue weighted by atomic mass is 10.1. The van der Waals surface area contributed by atoms with Crippen LogP contribution in [0, 0.1) is 0 Å². The molecule has 0 atom stereocenters. The van der Waals surface area contributed by atoms with Gasteiger partial charge in [0.1, 0.15) is 11.5 Å². The number of halogens is 1. The molecule has 0 bridgehead atoms. The predicted molar refractivity (Wildman–Crippen MR) is 102 cm³/mol. The van der Waals surface area contributed by atoms with Crippen molar-refractivity contribution in [2.75, 3.05) is 5.32 Å². The number of amides is 2. The van der Waals surface area contributed by atoms with Gasteiger partial charge in [-0.2, -0.15) is 0 Å². The molecule has 2 amide bonds. The molecule has 0 heterocycles. The Hall–Kier alpha value is -3.35. The van der Waals surface area contributed by atoms with E-state index >= 15 is 0 Å². The van der Waals surface area contributed by atoms with E-state index in [9.17, 15) is 9.59 Å². The fourth-order valence-corrected chi connectivity index (χ4v) is 2.49. The van der Waals surface area contributed by atoms with Crippen molar-refractivity contribution in [3.05, 3.63) is 88.9 Å². The van der Waals surface area contributed by atoms with Crippen LogP contribution in [-0.2, 0) is 0 Å². The number of rotatable bonds is 5. The number of hydrogen-bond acceptors (Lipinski definition) is 4. The summed E-state index contributed by atoms with van der Waals surface area (Å²) in [4.78, 5) is 23.9. The minimum Gasteiger partial charge on any atom is -0.457 e. The van der Waals surface area contributed by atoms with Crippen molar-refractivity contribution in [2.24, 2.45) is 0 Å². The number of para-hydroxylation sites is 1. The van der Waals surface area contributed by atoms with E-state index in [1.54, 1.807) is 24.3 Å². The van der Waals surface area contributed by atoms with Crippen molar-refractivity contribution in [1.82, 2.24) is 5.48 Å². The number of benzene rings is 3. The Morgan fingerprint density at radius 1 is 0.815 bits per heavy atom. The number of hydrogen-bond donors (Lipinski definition) is 3. The van der Waals surface area contributed by atoms with Crippen LogP contribution in [0.15, 0.2) is 72.8 Å². The number of ether oxygens (including phenoxy) is 1. The Bertz CT molecular complexity index is 959. The second kappa shape index (κ2) is 8.35. The second-order valence-corrected chi connectivity index (χ2v) is 5.94. The lowest BCUT2D eigenvalue weighted by Crippen LogP contribution is -2.19. The van der Waals surface area contributed by atoms with Gasteiger partial charge < -0.3 is 10.1 Å². The van der Waals surface area contributed by atoms with Gasteiger partial charge in [-0.1, -0.05) is 29.8 Å². The van der Waals surface area contributed by atoms with Crippen LogP contribution in [0.3, 0.4) is 0 Å². The standard InChI is InChI=1S/C20H15ClN2O4/c21-17-11-8-14(20(25)23-26)12-18(17)22-19(24)13-6-9-16(10-7-13)27-15-4-2-1-3-5-15/h1-12,26H,(H,22,24)(H,23,25). The highest BCUT2D eigenvalue weighted by Crippen LogP contribution is 2.25. The molecule has 27 heavy (non-hydrogen) atoms. The van der Waals surface area contributed by atoms with Crippen LogP contribution < -0.4 is 15.5 Å². The second-order valence-electron chi connectivity index (χ2n) is 5.53. The van der Waals surface area contributed by atoms with E-state index in [0.29, 0.717) is 17.1 Å². The van der Waals surface area contributed by atoms with Crippen LogP contribution in [0.5, 0.6) is 11.5 Å². The molecule has 136 valence electrons. The van der Waals surface area contributed by atoms with Crippen molar-refractivity contribution in [3.63, 3.8) is 0 Å². The molecular weight excluding hydrogens is 368 g/mol. The summed E-state index contributed by atoms with van der Waals surface area (Å²) < 4.78 is 5.68. The molecule has 0 aromatic heterocycles. The molecular formula is C20H15ClN2O4. The Kier molecular flexibility index (Phi) is 5.71. The molecule has 0 aliphatic heterocycles. The van der Waals surface area contributed by atoms with Crippen LogP contribution in [-0.4, -0.2) is 17.0 Å². The zero-order valence-corrected chi connectivity index (χ0v) is 14.7. The minimum absolute atomic E-state index is 0.156. The number of anilines is 1. The Labute approximate surface area is 160 Å². The lowest BCUT2D eigenvalue weighted by molar-refractivity contribution is 0.0706. The summed E-state index contributed by atoms with van der Waals surface area (Å²) in [5.41, 5.74) is 2.34. The predicted octanol–water partition coefficient (Wildman–Crippen LogP) is 4.50. The molecule has 0 unspecified atom stereocenters. The van der Waals surface area contributed by atoms with Gasteiger partial charge in [0.05, 0.1) is 10.7 Å². The third-order valence-electron chi connectivity index (χ3n) is 3.67. The quantitative estimate of drug-likeness (QED) is 0.447. The molecule has 0 aliphatic rings. The monoisotopic (exact) mass is 382 g/mol. The fourth-order valence-electron chi connectivity index (χ4n) is 2.32. The average molecular weight is 383 g/mol. The van der Waals surface area contributed by atoms with Crippen LogP contribution >= 0.6 is 11.6 Å². The van der Waals surface area contributed by atoms with Crippen LogP contribution in [0.25, 0.3) is 0 Å². The van der Waals surface area contributed by atoms with Gasteiger partial charge in [0.2, 0.25) is 0 Å². The summed E-state index contributed by atoms with van der Waals surface area (Å²) in [7, 11) is 0. The van der Waals surface area contributed by atoms with Crippen molar-refractivity contribution in [1.29, 1.82) is 0 Å². The van der Waals surface area contributed by atoms with E-state index in [-0.39, 0.29) is 16.3 Å². The summed E-state index contributed by atoms with van der Waals surface area (Å²) in [5.74, 6) is 0.187. The van der Waals surface area contributed by atoms with Crippen LogP contribution in [0.4, 0.5) is 5.69 Å². The fraction of sp³-hybridized carbons (Fsp3) is 0. The Balaban J connectivity index is 1.72. The maximum atomic E-state index is 12.4. The molecule has 3 aromatic carbocycles. The first-order valence-corrected chi connectivity index (χ1v) is 8.33. The molecule has 7 heteroatoms. The molecule has 0 saturated heterocycles. The first-order chi connectivity index (χ1) is 13.1. The van der Waals surface area contributed by atoms with Gasteiger partial charge in [0.25, 0.3) is 11.8 Å². The summed E-state index contributed by atoms with van der Waals surface area (Å²) in [5, 5.41) is 11.6. The minimum atomic E-state index is -0.704. The Morgan fingerprint density at radius 3 is 2.11 bits per heavy atom. The molecule has 3 aromatic rings. The molecule has 0 fully saturated rings. The highest BCUT2D eigenvalue weighted by Gasteiger charge is 2.12. The zero-order chi connectivity index (χ0) is 19.2. The molecule has 0 aliphatic carbocycles. The number of carbonyl (C=O) groups excluding carboxylic acids is 2. The number of carbonyl (C=O) groups is 2. The van der Waals surface area contributed by atoms with Gasteiger partial charge in [-0.3, -0.25) is 14.8 Å². The van der Waals surface area contributed by atoms with Crippen molar-refractivity contribution in [3.8, 4) is 11.5 Å². The van der Waals surface area contributed by atoms with Gasteiger partial charge in [-0.15, -0.1) is 0 Å². The van der Waals surface area contributed by atoms with Crippen LogP contribution in [0.2, 0.25) is 5.02 Å². The SMILES string of the molecule is O=C(NO)c1ccc(Cl)c(NC(=O)c2ccc(Oc3ccccc3)cc2)c1. The van der Waals surface area contributed by atoms with Gasteiger partial charge in [-0.25, -0.2) is 5.48 Å². The van der Waals surface area contributed by atoms with Crippen molar-refractivity contribution in [2.45, 2.75) is 0 Å². The van der Waals surface area contributed by atoms with E-state index in [1.807, 2.05) is 30.3 Å². The smallest absolute Gasteiger partial charge is 0.274 e. The molecule has 0 spiro atoms. The van der Waals surface area contributed by atoms with E-state index < -0.39 is 11.8 Å².